The summed E-state index contributed by atoms with van der Waals surface area (Å²) >= 11 is 0. The van der Waals surface area contributed by atoms with Gasteiger partial charge in [-0.3, -0.25) is 9.59 Å². The van der Waals surface area contributed by atoms with Gasteiger partial charge < -0.3 is 4.57 Å². The number of rotatable bonds is 5. The molecule has 0 saturated heterocycles. The molecule has 0 N–H and O–H groups in total. The Balaban J connectivity index is 2.02. The monoisotopic (exact) mass is 283 g/mol. The van der Waals surface area contributed by atoms with Crippen molar-refractivity contribution in [2.45, 2.75) is 33.6 Å². The number of ketones is 2. The van der Waals surface area contributed by atoms with Crippen LogP contribution in [0.15, 0.2) is 30.3 Å². The molecule has 0 fully saturated rings. The van der Waals surface area contributed by atoms with E-state index in [0.717, 1.165) is 22.5 Å². The summed E-state index contributed by atoms with van der Waals surface area (Å²) in [6.45, 7) is 5.89. The van der Waals surface area contributed by atoms with Gasteiger partial charge in [0.15, 0.2) is 11.6 Å². The molecular formula is C18H21NO2. The summed E-state index contributed by atoms with van der Waals surface area (Å²) in [5.74, 6) is 0.0605. The number of carbonyl (C=O) groups is 2. The van der Waals surface area contributed by atoms with Gasteiger partial charge in [0.2, 0.25) is 0 Å². The number of hydrogen-bond donors (Lipinski definition) is 0. The smallest absolute Gasteiger partial charge is 0.165 e. The molecule has 0 amide bonds. The Morgan fingerprint density at radius 2 is 1.52 bits per heavy atom. The van der Waals surface area contributed by atoms with Gasteiger partial charge in [0.05, 0.1) is 0 Å². The van der Waals surface area contributed by atoms with Gasteiger partial charge in [-0.1, -0.05) is 29.8 Å². The molecule has 0 spiro atoms. The van der Waals surface area contributed by atoms with E-state index in [1.807, 2.05) is 62.7 Å². The fourth-order valence-electron chi connectivity index (χ4n) is 2.38. The molecule has 3 nitrogen and oxygen atoms in total. The van der Waals surface area contributed by atoms with Crippen LogP contribution in [0.25, 0.3) is 0 Å². The maximum Gasteiger partial charge on any atom is 0.165 e. The summed E-state index contributed by atoms with van der Waals surface area (Å²) in [6.07, 6.45) is 0.520. The molecule has 0 bridgehead atoms. The van der Waals surface area contributed by atoms with Crippen molar-refractivity contribution in [3.05, 3.63) is 58.4 Å². The van der Waals surface area contributed by atoms with E-state index < -0.39 is 0 Å². The zero-order valence-electron chi connectivity index (χ0n) is 13.1. The predicted octanol–water partition coefficient (Wildman–Crippen LogP) is 3.80. The molecule has 3 heteroatoms. The van der Waals surface area contributed by atoms with Crippen molar-refractivity contribution in [2.24, 2.45) is 7.05 Å². The van der Waals surface area contributed by atoms with Crippen LogP contribution in [-0.2, 0) is 7.05 Å². The van der Waals surface area contributed by atoms with Gasteiger partial charge in [-0.15, -0.1) is 0 Å². The first kappa shape index (κ1) is 15.2. The molecule has 1 aromatic carbocycles. The second-order valence-electron chi connectivity index (χ2n) is 5.56. The molecule has 0 atom stereocenters. The number of aryl methyl sites for hydroxylation is 2. The molecule has 1 aromatic heterocycles. The Labute approximate surface area is 125 Å². The number of nitrogens with zero attached hydrogens (tertiary/aromatic N) is 1. The Kier molecular flexibility index (Phi) is 4.41. The van der Waals surface area contributed by atoms with Gasteiger partial charge in [-0.05, 0) is 26.8 Å². The molecule has 0 aliphatic rings. The first-order valence-electron chi connectivity index (χ1n) is 7.16. The summed E-state index contributed by atoms with van der Waals surface area (Å²) in [7, 11) is 1.94. The lowest BCUT2D eigenvalue weighted by Gasteiger charge is -2.03. The summed E-state index contributed by atoms with van der Waals surface area (Å²) < 4.78 is 2.00. The third kappa shape index (κ3) is 3.30. The summed E-state index contributed by atoms with van der Waals surface area (Å²) in [5, 5.41) is 0. The number of carbonyl (C=O) groups excluding carboxylic acids is 2. The van der Waals surface area contributed by atoms with Crippen molar-refractivity contribution >= 4 is 11.6 Å². The van der Waals surface area contributed by atoms with Crippen LogP contribution in [0.4, 0.5) is 0 Å². The number of aromatic nitrogens is 1. The molecule has 0 aliphatic carbocycles. The summed E-state index contributed by atoms with van der Waals surface area (Å²) in [6, 6.07) is 9.37. The van der Waals surface area contributed by atoms with Gasteiger partial charge >= 0.3 is 0 Å². The van der Waals surface area contributed by atoms with Crippen LogP contribution in [0.1, 0.15) is 50.5 Å². The van der Waals surface area contributed by atoms with E-state index in [4.69, 9.17) is 0 Å². The maximum atomic E-state index is 12.3. The van der Waals surface area contributed by atoms with Crippen molar-refractivity contribution in [1.82, 2.24) is 4.57 Å². The first-order chi connectivity index (χ1) is 9.90. The molecule has 0 radical (unpaired) electrons. The molecule has 0 aliphatic heterocycles. The summed E-state index contributed by atoms with van der Waals surface area (Å²) in [5.41, 5.74) is 4.54. The summed E-state index contributed by atoms with van der Waals surface area (Å²) in [4.78, 5) is 24.3. The van der Waals surface area contributed by atoms with Crippen molar-refractivity contribution in [3.8, 4) is 0 Å². The van der Waals surface area contributed by atoms with Crippen LogP contribution in [-0.4, -0.2) is 16.1 Å². The van der Waals surface area contributed by atoms with Crippen LogP contribution in [0, 0.1) is 20.8 Å². The number of hydrogen-bond acceptors (Lipinski definition) is 2. The zero-order chi connectivity index (χ0) is 15.6. The van der Waals surface area contributed by atoms with Crippen LogP contribution in [0.5, 0.6) is 0 Å². The minimum atomic E-state index is 0.0219. The van der Waals surface area contributed by atoms with Crippen LogP contribution in [0.2, 0.25) is 0 Å². The van der Waals surface area contributed by atoms with Gasteiger partial charge in [0, 0.05) is 42.4 Å². The van der Waals surface area contributed by atoms with Crippen molar-refractivity contribution in [3.63, 3.8) is 0 Å². The SMILES string of the molecule is Cc1ccc(C(=O)CCC(=O)c2cc(C)n(C)c2C)cc1. The lowest BCUT2D eigenvalue weighted by atomic mass is 10.0. The molecule has 2 aromatic rings. The van der Waals surface area contributed by atoms with Crippen LogP contribution >= 0.6 is 0 Å². The average Bonchev–Trinajstić information content (AvgIpc) is 2.73. The third-order valence-corrected chi connectivity index (χ3v) is 4.03. The molecule has 110 valence electrons. The Morgan fingerprint density at radius 1 is 0.952 bits per heavy atom. The van der Waals surface area contributed by atoms with E-state index in [2.05, 4.69) is 0 Å². The average molecular weight is 283 g/mol. The van der Waals surface area contributed by atoms with E-state index in [1.165, 1.54) is 0 Å². The largest absolute Gasteiger partial charge is 0.351 e. The fourth-order valence-corrected chi connectivity index (χ4v) is 2.38. The van der Waals surface area contributed by atoms with Gasteiger partial charge in [0.1, 0.15) is 0 Å². The van der Waals surface area contributed by atoms with E-state index in [1.54, 1.807) is 0 Å². The predicted molar refractivity (Wildman–Crippen MR) is 84.0 cm³/mol. The van der Waals surface area contributed by atoms with Gasteiger partial charge in [0.25, 0.3) is 0 Å². The molecule has 0 saturated carbocycles. The highest BCUT2D eigenvalue weighted by Gasteiger charge is 2.15. The van der Waals surface area contributed by atoms with Gasteiger partial charge in [-0.2, -0.15) is 0 Å². The van der Waals surface area contributed by atoms with E-state index >= 15 is 0 Å². The molecule has 1 heterocycles. The Bertz CT molecular complexity index is 678. The topological polar surface area (TPSA) is 39.1 Å². The van der Waals surface area contributed by atoms with Crippen LogP contribution < -0.4 is 0 Å². The van der Waals surface area contributed by atoms with E-state index in [0.29, 0.717) is 5.56 Å². The molecular weight excluding hydrogens is 262 g/mol. The third-order valence-electron chi connectivity index (χ3n) is 4.03. The Hall–Kier alpha value is -2.16. The fraction of sp³-hybridized carbons (Fsp3) is 0.333. The molecule has 2 rings (SSSR count). The molecule has 0 unspecified atom stereocenters. The number of benzene rings is 1. The lowest BCUT2D eigenvalue weighted by Crippen LogP contribution is -2.06. The van der Waals surface area contributed by atoms with Crippen LogP contribution in [0.3, 0.4) is 0 Å². The normalized spacial score (nSPS) is 10.7. The zero-order valence-corrected chi connectivity index (χ0v) is 13.1. The van der Waals surface area contributed by atoms with Crippen molar-refractivity contribution in [2.75, 3.05) is 0 Å². The van der Waals surface area contributed by atoms with E-state index in [-0.39, 0.29) is 24.4 Å². The van der Waals surface area contributed by atoms with Crippen molar-refractivity contribution < 1.29 is 9.59 Å². The maximum absolute atomic E-state index is 12.3. The highest BCUT2D eigenvalue weighted by atomic mass is 16.1. The standard InChI is InChI=1S/C18H21NO2/c1-12-5-7-15(8-6-12)17(20)9-10-18(21)16-11-13(2)19(4)14(16)3/h5-8,11H,9-10H2,1-4H3. The van der Waals surface area contributed by atoms with E-state index in [9.17, 15) is 9.59 Å². The Morgan fingerprint density at radius 3 is 2.05 bits per heavy atom. The molecule has 21 heavy (non-hydrogen) atoms. The second-order valence-corrected chi connectivity index (χ2v) is 5.56. The number of Topliss-reactive ketones (excluding diaryl/α,β-unsaturated/α-hetero) is 2. The minimum Gasteiger partial charge on any atom is -0.351 e. The second kappa shape index (κ2) is 6.08. The highest BCUT2D eigenvalue weighted by molar-refractivity contribution is 6.02. The first-order valence-corrected chi connectivity index (χ1v) is 7.16. The minimum absolute atomic E-state index is 0.0219. The van der Waals surface area contributed by atoms with Gasteiger partial charge in [-0.25, -0.2) is 0 Å². The highest BCUT2D eigenvalue weighted by Crippen LogP contribution is 2.17. The lowest BCUT2D eigenvalue weighted by molar-refractivity contribution is 0.0917. The van der Waals surface area contributed by atoms with Crippen molar-refractivity contribution in [1.29, 1.82) is 0 Å². The quantitative estimate of drug-likeness (QED) is 0.783.